The molecule has 1 saturated carbocycles. The van der Waals surface area contributed by atoms with Gasteiger partial charge in [-0.15, -0.1) is 0 Å². The molecule has 1 aliphatic heterocycles. The van der Waals surface area contributed by atoms with Crippen LogP contribution in [0.2, 0.25) is 0 Å². The Morgan fingerprint density at radius 2 is 1.93 bits per heavy atom. The number of likely N-dealkylation sites (tertiary alicyclic amines) is 1. The topological polar surface area (TPSA) is 87.2 Å². The van der Waals surface area contributed by atoms with E-state index in [-0.39, 0.29) is 37.6 Å². The van der Waals surface area contributed by atoms with Crippen molar-refractivity contribution in [2.45, 2.75) is 59.0 Å². The second-order valence-electron chi connectivity index (χ2n) is 8.94. The molecule has 0 spiro atoms. The standard InChI is InChI=1S/C21H36N2O5/c1-14(2)17-8-7-15(3)10-18(17)28-13-20(25)22(4)12-19(24)23-9-5-6-16(11-23)21(26)27/h14-18H,5-13H2,1-4H3,(H,26,27). The van der Waals surface area contributed by atoms with Crippen molar-refractivity contribution in [3.05, 3.63) is 0 Å². The fourth-order valence-corrected chi connectivity index (χ4v) is 4.39. The van der Waals surface area contributed by atoms with Gasteiger partial charge in [-0.25, -0.2) is 0 Å². The quantitative estimate of drug-likeness (QED) is 0.713. The second-order valence-corrected chi connectivity index (χ2v) is 8.94. The number of hydrogen-bond donors (Lipinski definition) is 1. The normalized spacial score (nSPS) is 28.2. The van der Waals surface area contributed by atoms with Gasteiger partial charge in [-0.3, -0.25) is 14.4 Å². The molecule has 2 rings (SSSR count). The van der Waals surface area contributed by atoms with Gasteiger partial charge < -0.3 is 19.6 Å². The zero-order valence-electron chi connectivity index (χ0n) is 17.7. The van der Waals surface area contributed by atoms with Gasteiger partial charge in [0.1, 0.15) is 6.61 Å². The number of carboxylic acid groups (broad SMARTS) is 1. The van der Waals surface area contributed by atoms with E-state index in [2.05, 4.69) is 20.8 Å². The summed E-state index contributed by atoms with van der Waals surface area (Å²) in [5.74, 6) is -0.185. The summed E-state index contributed by atoms with van der Waals surface area (Å²) in [6, 6.07) is 0. The number of aliphatic carboxylic acids is 1. The van der Waals surface area contributed by atoms with Gasteiger partial charge in [-0.2, -0.15) is 0 Å². The van der Waals surface area contributed by atoms with Crippen LogP contribution in [0.1, 0.15) is 52.9 Å². The summed E-state index contributed by atoms with van der Waals surface area (Å²) in [5, 5.41) is 9.16. The van der Waals surface area contributed by atoms with Crippen molar-refractivity contribution >= 4 is 17.8 Å². The Balaban J connectivity index is 1.81. The fourth-order valence-electron chi connectivity index (χ4n) is 4.39. The van der Waals surface area contributed by atoms with E-state index in [1.165, 1.54) is 11.3 Å². The summed E-state index contributed by atoms with van der Waals surface area (Å²) in [6.07, 6.45) is 4.68. The van der Waals surface area contributed by atoms with Crippen molar-refractivity contribution in [2.75, 3.05) is 33.3 Å². The molecule has 0 radical (unpaired) electrons. The predicted molar refractivity (Wildman–Crippen MR) is 106 cm³/mol. The van der Waals surface area contributed by atoms with Crippen molar-refractivity contribution < 1.29 is 24.2 Å². The number of carbonyl (C=O) groups excluding carboxylic acids is 2. The molecule has 0 aromatic heterocycles. The van der Waals surface area contributed by atoms with E-state index in [4.69, 9.17) is 9.84 Å². The third-order valence-corrected chi connectivity index (χ3v) is 6.30. The van der Waals surface area contributed by atoms with Gasteiger partial charge in [0.25, 0.3) is 0 Å². The van der Waals surface area contributed by atoms with Crippen LogP contribution in [0.4, 0.5) is 0 Å². The molecule has 7 heteroatoms. The van der Waals surface area contributed by atoms with E-state index >= 15 is 0 Å². The van der Waals surface area contributed by atoms with Crippen LogP contribution >= 0.6 is 0 Å². The Labute approximate surface area is 168 Å². The maximum atomic E-state index is 12.5. The molecule has 1 saturated heterocycles. The molecule has 1 heterocycles. The highest BCUT2D eigenvalue weighted by Gasteiger charge is 2.32. The molecular weight excluding hydrogens is 360 g/mol. The van der Waals surface area contributed by atoms with Gasteiger partial charge in [-0.1, -0.05) is 27.2 Å². The Bertz CT molecular complexity index is 565. The Morgan fingerprint density at radius 3 is 2.57 bits per heavy atom. The van der Waals surface area contributed by atoms with E-state index in [0.29, 0.717) is 37.1 Å². The average Bonchev–Trinajstić information content (AvgIpc) is 2.65. The minimum atomic E-state index is -0.864. The summed E-state index contributed by atoms with van der Waals surface area (Å²) in [7, 11) is 1.60. The van der Waals surface area contributed by atoms with E-state index in [9.17, 15) is 14.4 Å². The van der Waals surface area contributed by atoms with Crippen LogP contribution in [0.25, 0.3) is 0 Å². The lowest BCUT2D eigenvalue weighted by Gasteiger charge is -2.37. The number of rotatable bonds is 7. The third-order valence-electron chi connectivity index (χ3n) is 6.30. The Hall–Kier alpha value is -1.63. The smallest absolute Gasteiger partial charge is 0.308 e. The van der Waals surface area contributed by atoms with E-state index in [1.807, 2.05) is 0 Å². The number of likely N-dealkylation sites (N-methyl/N-ethyl adjacent to an activating group) is 1. The number of ether oxygens (including phenoxy) is 1. The molecule has 160 valence electrons. The molecular formula is C21H36N2O5. The monoisotopic (exact) mass is 396 g/mol. The summed E-state index contributed by atoms with van der Waals surface area (Å²) >= 11 is 0. The maximum absolute atomic E-state index is 12.5. The first-order valence-corrected chi connectivity index (χ1v) is 10.5. The Morgan fingerprint density at radius 1 is 1.21 bits per heavy atom. The molecule has 28 heavy (non-hydrogen) atoms. The van der Waals surface area contributed by atoms with Crippen molar-refractivity contribution in [1.82, 2.24) is 9.80 Å². The molecule has 0 aromatic carbocycles. The van der Waals surface area contributed by atoms with Gasteiger partial charge in [0.2, 0.25) is 11.8 Å². The summed E-state index contributed by atoms with van der Waals surface area (Å²) in [5.41, 5.74) is 0. The third kappa shape index (κ3) is 6.19. The molecule has 0 aromatic rings. The average molecular weight is 397 g/mol. The number of hydrogen-bond acceptors (Lipinski definition) is 4. The molecule has 2 fully saturated rings. The summed E-state index contributed by atoms with van der Waals surface area (Å²) < 4.78 is 5.99. The van der Waals surface area contributed by atoms with Crippen molar-refractivity contribution in [2.24, 2.45) is 23.7 Å². The van der Waals surface area contributed by atoms with Crippen LogP contribution in [0.15, 0.2) is 0 Å². The highest BCUT2D eigenvalue weighted by Crippen LogP contribution is 2.35. The van der Waals surface area contributed by atoms with Crippen LogP contribution in [-0.2, 0) is 19.1 Å². The molecule has 4 unspecified atom stereocenters. The predicted octanol–water partition coefficient (Wildman–Crippen LogP) is 2.25. The largest absolute Gasteiger partial charge is 0.481 e. The molecule has 1 aliphatic carbocycles. The highest BCUT2D eigenvalue weighted by molar-refractivity contribution is 5.85. The van der Waals surface area contributed by atoms with Crippen LogP contribution < -0.4 is 0 Å². The first kappa shape index (κ1) is 22.7. The molecule has 7 nitrogen and oxygen atoms in total. The maximum Gasteiger partial charge on any atom is 0.308 e. The second kappa shape index (κ2) is 10.2. The van der Waals surface area contributed by atoms with E-state index in [1.54, 1.807) is 11.9 Å². The van der Waals surface area contributed by atoms with Crippen LogP contribution in [0, 0.1) is 23.7 Å². The molecule has 2 amide bonds. The molecule has 1 N–H and O–H groups in total. The number of amides is 2. The van der Waals surface area contributed by atoms with E-state index < -0.39 is 11.9 Å². The Kier molecular flexibility index (Phi) is 8.28. The highest BCUT2D eigenvalue weighted by atomic mass is 16.5. The minimum absolute atomic E-state index is 0.0118. The van der Waals surface area contributed by atoms with Crippen molar-refractivity contribution in [1.29, 1.82) is 0 Å². The first-order chi connectivity index (χ1) is 13.2. The lowest BCUT2D eigenvalue weighted by Crippen LogP contribution is -2.47. The van der Waals surface area contributed by atoms with Gasteiger partial charge >= 0.3 is 5.97 Å². The lowest BCUT2D eigenvalue weighted by molar-refractivity contribution is -0.149. The summed E-state index contributed by atoms with van der Waals surface area (Å²) in [6.45, 7) is 7.35. The van der Waals surface area contributed by atoms with Gasteiger partial charge in [0, 0.05) is 20.1 Å². The lowest BCUT2D eigenvalue weighted by atomic mass is 9.75. The van der Waals surface area contributed by atoms with Gasteiger partial charge in [-0.05, 0) is 43.4 Å². The molecule has 4 atom stereocenters. The number of nitrogens with zero attached hydrogens (tertiary/aromatic N) is 2. The zero-order chi connectivity index (χ0) is 20.8. The molecule has 2 aliphatic rings. The van der Waals surface area contributed by atoms with Gasteiger partial charge in [0.05, 0.1) is 18.6 Å². The number of piperidine rings is 1. The number of carbonyl (C=O) groups is 3. The number of carboxylic acids is 1. The van der Waals surface area contributed by atoms with E-state index in [0.717, 1.165) is 12.8 Å². The first-order valence-electron chi connectivity index (χ1n) is 10.5. The zero-order valence-corrected chi connectivity index (χ0v) is 17.7. The van der Waals surface area contributed by atoms with Crippen molar-refractivity contribution in [3.8, 4) is 0 Å². The molecule has 0 bridgehead atoms. The van der Waals surface area contributed by atoms with Crippen molar-refractivity contribution in [3.63, 3.8) is 0 Å². The minimum Gasteiger partial charge on any atom is -0.481 e. The van der Waals surface area contributed by atoms with Crippen LogP contribution in [-0.4, -0.2) is 72.1 Å². The SMILES string of the molecule is CC1CCC(C(C)C)C(OCC(=O)N(C)CC(=O)N2CCCC(C(=O)O)C2)C1. The van der Waals surface area contributed by atoms with Crippen LogP contribution in [0.5, 0.6) is 0 Å². The van der Waals surface area contributed by atoms with Crippen LogP contribution in [0.3, 0.4) is 0 Å². The van der Waals surface area contributed by atoms with Gasteiger partial charge in [0.15, 0.2) is 0 Å². The fraction of sp³-hybridized carbons (Fsp3) is 0.857. The summed E-state index contributed by atoms with van der Waals surface area (Å²) in [4.78, 5) is 39.1.